The molecule has 0 bridgehead atoms. The summed E-state index contributed by atoms with van der Waals surface area (Å²) in [5.74, 6) is 0.515. The molecule has 1 heterocycles. The maximum atomic E-state index is 12.4. The van der Waals surface area contributed by atoms with Gasteiger partial charge in [0.25, 0.3) is 5.91 Å². The van der Waals surface area contributed by atoms with Gasteiger partial charge in [0.15, 0.2) is 0 Å². The van der Waals surface area contributed by atoms with Crippen LogP contribution < -0.4 is 15.4 Å². The lowest BCUT2D eigenvalue weighted by molar-refractivity contribution is -0.128. The highest BCUT2D eigenvalue weighted by atomic mass is 16.5. The van der Waals surface area contributed by atoms with Crippen LogP contribution >= 0.6 is 0 Å². The monoisotopic (exact) mass is 421 g/mol. The lowest BCUT2D eigenvalue weighted by atomic mass is 10.2. The normalized spacial score (nSPS) is 10.4. The smallest absolute Gasteiger partial charge is 0.255 e. The van der Waals surface area contributed by atoms with E-state index >= 15 is 0 Å². The van der Waals surface area contributed by atoms with Gasteiger partial charge in [-0.3, -0.25) is 14.3 Å². The summed E-state index contributed by atoms with van der Waals surface area (Å²) in [6.45, 7) is 3.18. The number of carbonyl (C=O) groups is 2. The van der Waals surface area contributed by atoms with E-state index in [1.54, 1.807) is 59.2 Å². The largest absolute Gasteiger partial charge is 0.494 e. The molecule has 0 radical (unpaired) electrons. The predicted molar refractivity (Wildman–Crippen MR) is 120 cm³/mol. The van der Waals surface area contributed by atoms with Crippen molar-refractivity contribution < 1.29 is 14.3 Å². The Morgan fingerprint density at radius 1 is 1.06 bits per heavy atom. The van der Waals surface area contributed by atoms with Gasteiger partial charge in [-0.05, 0) is 55.5 Å². The molecular weight excluding hydrogens is 394 g/mol. The number of nitrogens with zero attached hydrogens (tertiary/aromatic N) is 3. The SMILES string of the molecule is CCOc1ccc(NC(=O)c2ccc(NCC(=O)N(C)Cc3cnn(C)c3)cc2)cc1. The zero-order valence-corrected chi connectivity index (χ0v) is 18.0. The fraction of sp³-hybridized carbons (Fsp3) is 0.261. The van der Waals surface area contributed by atoms with Crippen molar-refractivity contribution in [2.24, 2.45) is 7.05 Å². The molecule has 0 saturated heterocycles. The molecule has 8 nitrogen and oxygen atoms in total. The summed E-state index contributed by atoms with van der Waals surface area (Å²) in [5, 5.41) is 10.1. The van der Waals surface area contributed by atoms with Crippen LogP contribution in [0, 0.1) is 0 Å². The van der Waals surface area contributed by atoms with Crippen molar-refractivity contribution >= 4 is 23.2 Å². The molecule has 2 aromatic carbocycles. The van der Waals surface area contributed by atoms with E-state index in [-0.39, 0.29) is 18.4 Å². The molecule has 3 aromatic rings. The van der Waals surface area contributed by atoms with E-state index < -0.39 is 0 Å². The minimum Gasteiger partial charge on any atom is -0.494 e. The second-order valence-corrected chi connectivity index (χ2v) is 7.11. The molecule has 2 amide bonds. The maximum Gasteiger partial charge on any atom is 0.255 e. The highest BCUT2D eigenvalue weighted by Gasteiger charge is 2.11. The van der Waals surface area contributed by atoms with Crippen molar-refractivity contribution in [3.8, 4) is 5.75 Å². The van der Waals surface area contributed by atoms with E-state index in [1.807, 2.05) is 32.3 Å². The minimum atomic E-state index is -0.206. The molecule has 8 heteroatoms. The lowest BCUT2D eigenvalue weighted by Gasteiger charge is -2.17. The summed E-state index contributed by atoms with van der Waals surface area (Å²) in [6.07, 6.45) is 3.63. The van der Waals surface area contributed by atoms with Gasteiger partial charge in [0, 0.05) is 49.3 Å². The first-order chi connectivity index (χ1) is 14.9. The van der Waals surface area contributed by atoms with Crippen molar-refractivity contribution in [2.75, 3.05) is 30.8 Å². The zero-order valence-electron chi connectivity index (χ0n) is 18.0. The number of likely N-dealkylation sites (N-methyl/N-ethyl adjacent to an activating group) is 1. The van der Waals surface area contributed by atoms with Crippen molar-refractivity contribution in [1.29, 1.82) is 0 Å². The molecule has 0 fully saturated rings. The van der Waals surface area contributed by atoms with Crippen molar-refractivity contribution in [3.63, 3.8) is 0 Å². The predicted octanol–water partition coefficient (Wildman–Crippen LogP) is 3.14. The van der Waals surface area contributed by atoms with Crippen molar-refractivity contribution in [1.82, 2.24) is 14.7 Å². The molecule has 3 rings (SSSR count). The van der Waals surface area contributed by atoms with Gasteiger partial charge < -0.3 is 20.3 Å². The first-order valence-electron chi connectivity index (χ1n) is 10.0. The van der Waals surface area contributed by atoms with Crippen LogP contribution in [0.25, 0.3) is 0 Å². The van der Waals surface area contributed by atoms with Crippen LogP contribution in [0.3, 0.4) is 0 Å². The van der Waals surface area contributed by atoms with E-state index in [4.69, 9.17) is 4.74 Å². The lowest BCUT2D eigenvalue weighted by Crippen LogP contribution is -2.31. The number of hydrogen-bond donors (Lipinski definition) is 2. The Morgan fingerprint density at radius 3 is 2.35 bits per heavy atom. The highest BCUT2D eigenvalue weighted by Crippen LogP contribution is 2.17. The number of hydrogen-bond acceptors (Lipinski definition) is 5. The molecule has 31 heavy (non-hydrogen) atoms. The van der Waals surface area contributed by atoms with Crippen LogP contribution in [-0.2, 0) is 18.4 Å². The molecule has 0 saturated carbocycles. The van der Waals surface area contributed by atoms with Gasteiger partial charge in [0.2, 0.25) is 5.91 Å². The molecule has 0 aliphatic heterocycles. The third kappa shape index (κ3) is 6.33. The molecule has 1 aromatic heterocycles. The molecule has 162 valence electrons. The first-order valence-corrected chi connectivity index (χ1v) is 10.0. The van der Waals surface area contributed by atoms with Crippen LogP contribution in [0.1, 0.15) is 22.8 Å². The van der Waals surface area contributed by atoms with Gasteiger partial charge in [-0.15, -0.1) is 0 Å². The molecule has 0 aliphatic carbocycles. The highest BCUT2D eigenvalue weighted by molar-refractivity contribution is 6.04. The second-order valence-electron chi connectivity index (χ2n) is 7.11. The van der Waals surface area contributed by atoms with Gasteiger partial charge in [-0.25, -0.2) is 0 Å². The number of anilines is 2. The Kier molecular flexibility index (Phi) is 7.26. The van der Waals surface area contributed by atoms with Crippen LogP contribution in [0.2, 0.25) is 0 Å². The van der Waals surface area contributed by atoms with E-state index in [1.165, 1.54) is 0 Å². The quantitative estimate of drug-likeness (QED) is 0.554. The molecule has 0 spiro atoms. The number of aryl methyl sites for hydroxylation is 1. The van der Waals surface area contributed by atoms with Crippen LogP contribution in [0.15, 0.2) is 60.9 Å². The average Bonchev–Trinajstić information content (AvgIpc) is 3.18. The first kappa shape index (κ1) is 21.9. The number of aromatic nitrogens is 2. The van der Waals surface area contributed by atoms with E-state index in [0.717, 1.165) is 17.0 Å². The Bertz CT molecular complexity index is 1010. The van der Waals surface area contributed by atoms with E-state index in [0.29, 0.717) is 24.4 Å². The number of benzene rings is 2. The Balaban J connectivity index is 1.48. The zero-order chi connectivity index (χ0) is 22.2. The third-order valence-electron chi connectivity index (χ3n) is 4.62. The molecule has 0 aliphatic rings. The maximum absolute atomic E-state index is 12.4. The molecule has 0 atom stereocenters. The number of rotatable bonds is 9. The summed E-state index contributed by atoms with van der Waals surface area (Å²) in [5.41, 5.74) is 2.96. The van der Waals surface area contributed by atoms with Gasteiger partial charge in [-0.1, -0.05) is 0 Å². The molecular formula is C23H27N5O3. The average molecular weight is 422 g/mol. The topological polar surface area (TPSA) is 88.5 Å². The van der Waals surface area contributed by atoms with E-state index in [2.05, 4.69) is 15.7 Å². The standard InChI is InChI=1S/C23H27N5O3/c1-4-31-21-11-9-20(10-12-21)26-23(30)18-5-7-19(8-6-18)24-14-22(29)27(2)15-17-13-25-28(3)16-17/h5-13,16,24H,4,14-15H2,1-3H3,(H,26,30). The number of nitrogens with one attached hydrogen (secondary N) is 2. The third-order valence-corrected chi connectivity index (χ3v) is 4.62. The Morgan fingerprint density at radius 2 is 1.74 bits per heavy atom. The fourth-order valence-electron chi connectivity index (χ4n) is 2.97. The minimum absolute atomic E-state index is 0.0406. The number of ether oxygens (including phenoxy) is 1. The van der Waals surface area contributed by atoms with Crippen LogP contribution in [-0.4, -0.2) is 46.7 Å². The summed E-state index contributed by atoms with van der Waals surface area (Å²) < 4.78 is 7.11. The summed E-state index contributed by atoms with van der Waals surface area (Å²) in [6, 6.07) is 14.2. The van der Waals surface area contributed by atoms with Crippen LogP contribution in [0.4, 0.5) is 11.4 Å². The summed E-state index contributed by atoms with van der Waals surface area (Å²) >= 11 is 0. The summed E-state index contributed by atoms with van der Waals surface area (Å²) in [4.78, 5) is 26.4. The number of amides is 2. The van der Waals surface area contributed by atoms with Gasteiger partial charge in [0.05, 0.1) is 19.3 Å². The van der Waals surface area contributed by atoms with E-state index in [9.17, 15) is 9.59 Å². The molecule has 2 N–H and O–H groups in total. The second kappa shape index (κ2) is 10.3. The van der Waals surface area contributed by atoms with Crippen LogP contribution in [0.5, 0.6) is 5.75 Å². The van der Waals surface area contributed by atoms with Gasteiger partial charge in [-0.2, -0.15) is 5.10 Å². The van der Waals surface area contributed by atoms with Crippen molar-refractivity contribution in [2.45, 2.75) is 13.5 Å². The Labute approximate surface area is 181 Å². The fourth-order valence-corrected chi connectivity index (χ4v) is 2.97. The number of carbonyl (C=O) groups excluding carboxylic acids is 2. The molecule has 0 unspecified atom stereocenters. The van der Waals surface area contributed by atoms with Gasteiger partial charge in [0.1, 0.15) is 5.75 Å². The van der Waals surface area contributed by atoms with Gasteiger partial charge >= 0.3 is 0 Å². The van der Waals surface area contributed by atoms with Crippen molar-refractivity contribution in [3.05, 3.63) is 72.1 Å². The summed E-state index contributed by atoms with van der Waals surface area (Å²) in [7, 11) is 3.60. The Hall–Kier alpha value is -3.81.